The molecule has 1 aliphatic rings. The first kappa shape index (κ1) is 13.8. The molecule has 4 nitrogen and oxygen atoms in total. The summed E-state index contributed by atoms with van der Waals surface area (Å²) < 4.78 is 5.52. The fraction of sp³-hybridized carbons (Fsp3) is 0.429. The molecule has 0 unspecified atom stereocenters. The number of ether oxygens (including phenoxy) is 1. The summed E-state index contributed by atoms with van der Waals surface area (Å²) in [6.07, 6.45) is 5.25. The van der Waals surface area contributed by atoms with Gasteiger partial charge in [0.25, 0.3) is 0 Å². The Balaban J connectivity index is 1.75. The SMILES string of the molecule is Clc1cnc(NCC2(c3ccsc3)CCOCC2)nc1. The van der Waals surface area contributed by atoms with Crippen molar-refractivity contribution in [2.24, 2.45) is 0 Å². The molecule has 0 saturated carbocycles. The molecule has 2 aromatic heterocycles. The Kier molecular flexibility index (Phi) is 4.19. The van der Waals surface area contributed by atoms with Gasteiger partial charge in [-0.1, -0.05) is 11.6 Å². The predicted octanol–water partition coefficient (Wildman–Crippen LogP) is 3.35. The van der Waals surface area contributed by atoms with Gasteiger partial charge in [-0.2, -0.15) is 11.3 Å². The molecular formula is C14H16ClN3OS. The van der Waals surface area contributed by atoms with Crippen molar-refractivity contribution in [3.05, 3.63) is 39.8 Å². The normalized spacial score (nSPS) is 17.9. The second kappa shape index (κ2) is 6.08. The van der Waals surface area contributed by atoms with Gasteiger partial charge in [0.15, 0.2) is 0 Å². The third-order valence-electron chi connectivity index (χ3n) is 3.79. The third-order valence-corrected chi connectivity index (χ3v) is 4.67. The average molecular weight is 310 g/mol. The van der Waals surface area contributed by atoms with Crippen LogP contribution in [0.4, 0.5) is 5.95 Å². The highest BCUT2D eigenvalue weighted by Gasteiger charge is 2.34. The maximum atomic E-state index is 5.80. The predicted molar refractivity (Wildman–Crippen MR) is 81.6 cm³/mol. The lowest BCUT2D eigenvalue weighted by molar-refractivity contribution is 0.0545. The van der Waals surface area contributed by atoms with E-state index in [1.807, 2.05) is 0 Å². The molecule has 0 amide bonds. The quantitative estimate of drug-likeness (QED) is 0.941. The topological polar surface area (TPSA) is 47.0 Å². The molecule has 1 N–H and O–H groups in total. The molecule has 0 atom stereocenters. The number of rotatable bonds is 4. The molecule has 6 heteroatoms. The summed E-state index contributed by atoms with van der Waals surface area (Å²) >= 11 is 7.54. The van der Waals surface area contributed by atoms with Gasteiger partial charge in [-0.3, -0.25) is 0 Å². The Hall–Kier alpha value is -1.17. The Morgan fingerprint density at radius 1 is 1.30 bits per heavy atom. The largest absolute Gasteiger partial charge is 0.381 e. The fourth-order valence-corrected chi connectivity index (χ4v) is 3.42. The van der Waals surface area contributed by atoms with E-state index >= 15 is 0 Å². The summed E-state index contributed by atoms with van der Waals surface area (Å²) in [5, 5.41) is 8.25. The monoisotopic (exact) mass is 309 g/mol. The number of aromatic nitrogens is 2. The number of halogens is 1. The van der Waals surface area contributed by atoms with Crippen LogP contribution in [-0.2, 0) is 10.2 Å². The van der Waals surface area contributed by atoms with Crippen molar-refractivity contribution < 1.29 is 4.74 Å². The highest BCUT2D eigenvalue weighted by Crippen LogP contribution is 2.36. The Morgan fingerprint density at radius 3 is 2.70 bits per heavy atom. The molecule has 1 fully saturated rings. The fourth-order valence-electron chi connectivity index (χ4n) is 2.55. The van der Waals surface area contributed by atoms with Crippen molar-refractivity contribution in [3.63, 3.8) is 0 Å². The number of nitrogens with one attached hydrogen (secondary N) is 1. The summed E-state index contributed by atoms with van der Waals surface area (Å²) in [7, 11) is 0. The van der Waals surface area contributed by atoms with E-state index < -0.39 is 0 Å². The molecule has 3 rings (SSSR count). The summed E-state index contributed by atoms with van der Waals surface area (Å²) in [5.41, 5.74) is 1.49. The maximum Gasteiger partial charge on any atom is 0.222 e. The summed E-state index contributed by atoms with van der Waals surface area (Å²) in [6, 6.07) is 2.21. The number of nitrogens with zero attached hydrogens (tertiary/aromatic N) is 2. The highest BCUT2D eigenvalue weighted by molar-refractivity contribution is 7.08. The molecule has 3 heterocycles. The van der Waals surface area contributed by atoms with Crippen LogP contribution in [0, 0.1) is 0 Å². The van der Waals surface area contributed by atoms with Gasteiger partial charge in [0.05, 0.1) is 17.4 Å². The molecule has 1 saturated heterocycles. The minimum atomic E-state index is 0.112. The molecule has 0 radical (unpaired) electrons. The summed E-state index contributed by atoms with van der Waals surface area (Å²) in [5.74, 6) is 0.621. The zero-order valence-electron chi connectivity index (χ0n) is 11.0. The molecule has 0 spiro atoms. The molecule has 20 heavy (non-hydrogen) atoms. The van der Waals surface area contributed by atoms with E-state index in [2.05, 4.69) is 32.1 Å². The lowest BCUT2D eigenvalue weighted by Crippen LogP contribution is -2.40. The Labute approximate surface area is 127 Å². The molecular weight excluding hydrogens is 294 g/mol. The van der Waals surface area contributed by atoms with Crippen LogP contribution in [0.3, 0.4) is 0 Å². The van der Waals surface area contributed by atoms with Gasteiger partial charge in [-0.05, 0) is 35.2 Å². The minimum absolute atomic E-state index is 0.112. The zero-order valence-corrected chi connectivity index (χ0v) is 12.6. The molecule has 0 aromatic carbocycles. The second-order valence-corrected chi connectivity index (χ2v) is 6.20. The van der Waals surface area contributed by atoms with E-state index in [0.29, 0.717) is 11.0 Å². The standard InChI is InChI=1S/C14H16ClN3OS/c15-12-7-16-13(17-8-12)18-10-14(2-4-19-5-3-14)11-1-6-20-9-11/h1,6-9H,2-5,10H2,(H,16,17,18). The van der Waals surface area contributed by atoms with Crippen molar-refractivity contribution in [1.82, 2.24) is 9.97 Å². The van der Waals surface area contributed by atoms with E-state index in [1.54, 1.807) is 23.7 Å². The minimum Gasteiger partial charge on any atom is -0.381 e. The van der Waals surface area contributed by atoms with E-state index in [1.165, 1.54) is 5.56 Å². The van der Waals surface area contributed by atoms with E-state index in [-0.39, 0.29) is 5.41 Å². The van der Waals surface area contributed by atoms with E-state index in [4.69, 9.17) is 16.3 Å². The van der Waals surface area contributed by atoms with Gasteiger partial charge in [0.2, 0.25) is 5.95 Å². The van der Waals surface area contributed by atoms with Crippen LogP contribution < -0.4 is 5.32 Å². The Bertz CT molecular complexity index is 538. The second-order valence-electron chi connectivity index (χ2n) is 4.98. The van der Waals surface area contributed by atoms with Crippen molar-refractivity contribution in [3.8, 4) is 0 Å². The number of hydrogen-bond acceptors (Lipinski definition) is 5. The van der Waals surface area contributed by atoms with Crippen LogP contribution in [-0.4, -0.2) is 29.7 Å². The zero-order chi connectivity index (χ0) is 13.8. The van der Waals surface area contributed by atoms with Crippen molar-refractivity contribution >= 4 is 28.9 Å². The first-order valence-electron chi connectivity index (χ1n) is 6.60. The number of anilines is 1. The highest BCUT2D eigenvalue weighted by atomic mass is 35.5. The van der Waals surface area contributed by atoms with Gasteiger partial charge in [0.1, 0.15) is 0 Å². The van der Waals surface area contributed by atoms with Crippen LogP contribution in [0.5, 0.6) is 0 Å². The third kappa shape index (κ3) is 2.95. The van der Waals surface area contributed by atoms with Crippen LogP contribution in [0.15, 0.2) is 29.2 Å². The van der Waals surface area contributed by atoms with Crippen LogP contribution in [0.1, 0.15) is 18.4 Å². The van der Waals surface area contributed by atoms with Gasteiger partial charge in [-0.15, -0.1) is 0 Å². The Morgan fingerprint density at radius 2 is 2.05 bits per heavy atom. The molecule has 1 aliphatic heterocycles. The molecule has 2 aromatic rings. The number of hydrogen-bond donors (Lipinski definition) is 1. The first-order chi connectivity index (χ1) is 9.78. The molecule has 0 bridgehead atoms. The van der Waals surface area contributed by atoms with E-state index in [9.17, 15) is 0 Å². The lowest BCUT2D eigenvalue weighted by Gasteiger charge is -2.37. The molecule has 0 aliphatic carbocycles. The maximum absolute atomic E-state index is 5.80. The average Bonchev–Trinajstić information content (AvgIpc) is 3.03. The first-order valence-corrected chi connectivity index (χ1v) is 7.92. The van der Waals surface area contributed by atoms with Crippen LogP contribution in [0.2, 0.25) is 5.02 Å². The van der Waals surface area contributed by atoms with Crippen LogP contribution in [0.25, 0.3) is 0 Å². The lowest BCUT2D eigenvalue weighted by atomic mass is 9.75. The van der Waals surface area contributed by atoms with E-state index in [0.717, 1.165) is 32.6 Å². The molecule has 106 valence electrons. The van der Waals surface area contributed by atoms with Crippen LogP contribution >= 0.6 is 22.9 Å². The van der Waals surface area contributed by atoms with Crippen molar-refractivity contribution in [2.75, 3.05) is 25.1 Å². The van der Waals surface area contributed by atoms with Crippen molar-refractivity contribution in [2.45, 2.75) is 18.3 Å². The smallest absolute Gasteiger partial charge is 0.222 e. The van der Waals surface area contributed by atoms with Gasteiger partial charge < -0.3 is 10.1 Å². The summed E-state index contributed by atoms with van der Waals surface area (Å²) in [4.78, 5) is 8.38. The van der Waals surface area contributed by atoms with Gasteiger partial charge >= 0.3 is 0 Å². The number of thiophene rings is 1. The van der Waals surface area contributed by atoms with Crippen molar-refractivity contribution in [1.29, 1.82) is 0 Å². The van der Waals surface area contributed by atoms with Gasteiger partial charge in [-0.25, -0.2) is 9.97 Å². The summed E-state index contributed by atoms with van der Waals surface area (Å²) in [6.45, 7) is 2.42. The van der Waals surface area contributed by atoms with Gasteiger partial charge in [0, 0.05) is 25.2 Å².